The number of nitrogens with one attached hydrogen (secondary N) is 2. The maximum atomic E-state index is 13.8. The average molecular weight is 479 g/mol. The predicted molar refractivity (Wildman–Crippen MR) is 139 cm³/mol. The third-order valence-corrected chi connectivity index (χ3v) is 6.34. The first-order valence-corrected chi connectivity index (χ1v) is 11.7. The molecular weight excluding hydrogens is 452 g/mol. The summed E-state index contributed by atoms with van der Waals surface area (Å²) in [7, 11) is 1.88. The quantitative estimate of drug-likeness (QED) is 0.258. The van der Waals surface area contributed by atoms with E-state index < -0.39 is 12.0 Å². The van der Waals surface area contributed by atoms with Crippen LogP contribution in [0.4, 0.5) is 0 Å². The summed E-state index contributed by atoms with van der Waals surface area (Å²) in [6.07, 6.45) is 6.22. The molecule has 0 spiro atoms. The average Bonchev–Trinajstić information content (AvgIpc) is 3.53. The van der Waals surface area contributed by atoms with Crippen molar-refractivity contribution >= 4 is 22.7 Å². The van der Waals surface area contributed by atoms with Gasteiger partial charge in [0.1, 0.15) is 0 Å². The Morgan fingerprint density at radius 2 is 1.81 bits per heavy atom. The number of carboxylic acids is 1. The molecule has 0 aliphatic carbocycles. The van der Waals surface area contributed by atoms with Gasteiger partial charge in [-0.3, -0.25) is 9.48 Å². The summed E-state index contributed by atoms with van der Waals surface area (Å²) < 4.78 is 1.76. The van der Waals surface area contributed by atoms with Crippen LogP contribution in [0.3, 0.4) is 0 Å². The SMILES string of the molecule is Cn1cc(-c2ccc3c(C(=O)[C@@H](NCCc4ccc(C(=O)O)cc4)c4ccccc4)c[nH]c3c2)cn1. The van der Waals surface area contributed by atoms with Crippen molar-refractivity contribution in [2.75, 3.05) is 6.54 Å². The van der Waals surface area contributed by atoms with Gasteiger partial charge in [-0.2, -0.15) is 5.10 Å². The lowest BCUT2D eigenvalue weighted by Crippen LogP contribution is -2.30. The molecule has 180 valence electrons. The molecule has 7 heteroatoms. The Morgan fingerprint density at radius 3 is 2.50 bits per heavy atom. The summed E-state index contributed by atoms with van der Waals surface area (Å²) in [5, 5.41) is 17.6. The molecule has 3 N–H and O–H groups in total. The maximum Gasteiger partial charge on any atom is 0.335 e. The highest BCUT2D eigenvalue weighted by Gasteiger charge is 2.24. The number of hydrogen-bond acceptors (Lipinski definition) is 4. The summed E-state index contributed by atoms with van der Waals surface area (Å²) >= 11 is 0. The first-order valence-electron chi connectivity index (χ1n) is 11.7. The molecule has 0 radical (unpaired) electrons. The highest BCUT2D eigenvalue weighted by molar-refractivity contribution is 6.11. The van der Waals surface area contributed by atoms with E-state index in [-0.39, 0.29) is 11.3 Å². The molecule has 3 aromatic carbocycles. The van der Waals surface area contributed by atoms with Crippen LogP contribution in [0.15, 0.2) is 91.4 Å². The zero-order valence-electron chi connectivity index (χ0n) is 19.8. The van der Waals surface area contributed by atoms with Crippen LogP contribution < -0.4 is 5.32 Å². The number of carboxylic acid groups (broad SMARTS) is 1. The number of carbonyl (C=O) groups is 2. The number of rotatable bonds is 9. The zero-order valence-corrected chi connectivity index (χ0v) is 19.8. The number of hydrogen-bond donors (Lipinski definition) is 3. The van der Waals surface area contributed by atoms with Crippen molar-refractivity contribution in [2.24, 2.45) is 7.05 Å². The Labute approximate surface area is 208 Å². The first-order chi connectivity index (χ1) is 17.5. The molecule has 0 bridgehead atoms. The van der Waals surface area contributed by atoms with Gasteiger partial charge in [0.15, 0.2) is 5.78 Å². The summed E-state index contributed by atoms with van der Waals surface area (Å²) in [5.41, 5.74) is 5.73. The van der Waals surface area contributed by atoms with Gasteiger partial charge in [-0.1, -0.05) is 54.6 Å². The normalized spacial score (nSPS) is 12.0. The fraction of sp³-hybridized carbons (Fsp3) is 0.138. The van der Waals surface area contributed by atoms with E-state index in [2.05, 4.69) is 15.4 Å². The van der Waals surface area contributed by atoms with E-state index in [9.17, 15) is 9.59 Å². The highest BCUT2D eigenvalue weighted by atomic mass is 16.4. The molecule has 0 saturated carbocycles. The number of aryl methyl sites for hydroxylation is 1. The second-order valence-corrected chi connectivity index (χ2v) is 8.78. The van der Waals surface area contributed by atoms with E-state index in [1.807, 2.05) is 80.1 Å². The van der Waals surface area contributed by atoms with Crippen molar-refractivity contribution in [2.45, 2.75) is 12.5 Å². The van der Waals surface area contributed by atoms with E-state index in [4.69, 9.17) is 5.11 Å². The van der Waals surface area contributed by atoms with Crippen molar-refractivity contribution in [3.8, 4) is 11.1 Å². The summed E-state index contributed by atoms with van der Waals surface area (Å²) in [4.78, 5) is 28.1. The van der Waals surface area contributed by atoms with Gasteiger partial charge in [-0.25, -0.2) is 4.79 Å². The maximum absolute atomic E-state index is 13.8. The molecule has 0 fully saturated rings. The molecule has 2 aromatic heterocycles. The third-order valence-electron chi connectivity index (χ3n) is 6.34. The van der Waals surface area contributed by atoms with Gasteiger partial charge in [0.2, 0.25) is 0 Å². The number of nitrogens with zero attached hydrogens (tertiary/aromatic N) is 2. The van der Waals surface area contributed by atoms with Gasteiger partial charge in [-0.15, -0.1) is 0 Å². The standard InChI is InChI=1S/C29H26N4O3/c1-33-18-23(16-32-33)22-11-12-24-25(17-31-26(24)15-22)28(34)27(20-5-3-2-4-6-20)30-14-13-19-7-9-21(10-8-19)29(35)36/h2-12,15-18,27,30-31H,13-14H2,1H3,(H,35,36)/t27-/m0/s1. The van der Waals surface area contributed by atoms with Crippen LogP contribution in [0.1, 0.15) is 37.9 Å². The summed E-state index contributed by atoms with van der Waals surface area (Å²) in [6.45, 7) is 0.561. The van der Waals surface area contributed by atoms with Gasteiger partial charge >= 0.3 is 5.97 Å². The number of benzene rings is 3. The van der Waals surface area contributed by atoms with Gasteiger partial charge in [-0.05, 0) is 41.3 Å². The van der Waals surface area contributed by atoms with Crippen molar-refractivity contribution in [3.63, 3.8) is 0 Å². The van der Waals surface area contributed by atoms with E-state index in [1.54, 1.807) is 23.0 Å². The molecule has 0 saturated heterocycles. The number of H-pyrrole nitrogens is 1. The van der Waals surface area contributed by atoms with Crippen LogP contribution in [0.2, 0.25) is 0 Å². The zero-order chi connectivity index (χ0) is 25.1. The topological polar surface area (TPSA) is 100 Å². The summed E-state index contributed by atoms with van der Waals surface area (Å²) in [6, 6.07) is 22.0. The largest absolute Gasteiger partial charge is 0.478 e. The fourth-order valence-corrected chi connectivity index (χ4v) is 4.42. The lowest BCUT2D eigenvalue weighted by molar-refractivity contribution is 0.0696. The van der Waals surface area contributed by atoms with Crippen molar-refractivity contribution in [3.05, 3.63) is 114 Å². The second kappa shape index (κ2) is 10.0. The van der Waals surface area contributed by atoms with E-state index in [0.717, 1.165) is 33.2 Å². The number of ketones is 1. The molecule has 0 aliphatic heterocycles. The minimum absolute atomic E-state index is 0.0113. The Hall–Kier alpha value is -4.49. The van der Waals surface area contributed by atoms with Gasteiger partial charge in [0.05, 0.1) is 17.8 Å². The number of Topliss-reactive ketones (excluding diaryl/α,β-unsaturated/α-hetero) is 1. The number of aromatic amines is 1. The number of aromatic nitrogens is 3. The molecule has 0 aliphatic rings. The number of fused-ring (bicyclic) bond motifs is 1. The van der Waals surface area contributed by atoms with Crippen LogP contribution in [0.25, 0.3) is 22.0 Å². The third kappa shape index (κ3) is 4.82. The molecule has 2 heterocycles. The molecule has 5 aromatic rings. The van der Waals surface area contributed by atoms with Crippen LogP contribution in [-0.4, -0.2) is 38.2 Å². The molecule has 36 heavy (non-hydrogen) atoms. The molecular formula is C29H26N4O3. The Kier molecular flexibility index (Phi) is 6.47. The Morgan fingerprint density at radius 1 is 1.03 bits per heavy atom. The monoisotopic (exact) mass is 478 g/mol. The van der Waals surface area contributed by atoms with Gasteiger partial charge < -0.3 is 15.4 Å². The Balaban J connectivity index is 1.37. The lowest BCUT2D eigenvalue weighted by Gasteiger charge is -2.18. The molecule has 5 rings (SSSR count). The molecule has 0 unspecified atom stereocenters. The van der Waals surface area contributed by atoms with E-state index >= 15 is 0 Å². The summed E-state index contributed by atoms with van der Waals surface area (Å²) in [5.74, 6) is -0.955. The van der Waals surface area contributed by atoms with Crippen LogP contribution in [-0.2, 0) is 13.5 Å². The second-order valence-electron chi connectivity index (χ2n) is 8.78. The fourth-order valence-electron chi connectivity index (χ4n) is 4.42. The molecule has 0 amide bonds. The first kappa shape index (κ1) is 23.3. The number of aromatic carboxylic acids is 1. The van der Waals surface area contributed by atoms with E-state index in [1.165, 1.54) is 0 Å². The van der Waals surface area contributed by atoms with Crippen LogP contribution in [0.5, 0.6) is 0 Å². The minimum Gasteiger partial charge on any atom is -0.478 e. The predicted octanol–water partition coefficient (Wildman–Crippen LogP) is 5.02. The molecule has 7 nitrogen and oxygen atoms in total. The van der Waals surface area contributed by atoms with Crippen molar-refractivity contribution in [1.29, 1.82) is 0 Å². The van der Waals surface area contributed by atoms with Gasteiger partial charge in [0.25, 0.3) is 0 Å². The smallest absolute Gasteiger partial charge is 0.335 e. The number of carbonyl (C=O) groups excluding carboxylic acids is 1. The lowest BCUT2D eigenvalue weighted by atomic mass is 9.96. The van der Waals surface area contributed by atoms with Crippen molar-refractivity contribution < 1.29 is 14.7 Å². The highest BCUT2D eigenvalue weighted by Crippen LogP contribution is 2.28. The minimum atomic E-state index is -0.944. The Bertz CT molecular complexity index is 1520. The molecule has 1 atom stereocenters. The van der Waals surface area contributed by atoms with Gasteiger partial charge in [0, 0.05) is 48.0 Å². The van der Waals surface area contributed by atoms with E-state index in [0.29, 0.717) is 18.5 Å². The van der Waals surface area contributed by atoms with Crippen LogP contribution in [0, 0.1) is 0 Å². The van der Waals surface area contributed by atoms with Crippen molar-refractivity contribution in [1.82, 2.24) is 20.1 Å². The van der Waals surface area contributed by atoms with Crippen LogP contribution >= 0.6 is 0 Å².